The van der Waals surface area contributed by atoms with Crippen LogP contribution in [0.1, 0.15) is 28.7 Å². The van der Waals surface area contributed by atoms with E-state index in [1.807, 2.05) is 19.9 Å². The maximum absolute atomic E-state index is 12.6. The number of hydrogen-bond donors (Lipinski definition) is 1. The topological polar surface area (TPSA) is 88.6 Å². The number of rotatable bonds is 4. The van der Waals surface area contributed by atoms with Crippen LogP contribution in [-0.2, 0) is 13.0 Å². The number of pyridine rings is 1. The Morgan fingerprint density at radius 3 is 2.83 bits per heavy atom. The molecule has 1 aliphatic heterocycles. The highest BCUT2D eigenvalue weighted by atomic mass is 16.5. The molecule has 1 saturated heterocycles. The van der Waals surface area contributed by atoms with Gasteiger partial charge >= 0.3 is 0 Å². The van der Waals surface area contributed by atoms with E-state index in [4.69, 9.17) is 4.52 Å². The summed E-state index contributed by atoms with van der Waals surface area (Å²) in [6.45, 7) is 4.96. The summed E-state index contributed by atoms with van der Waals surface area (Å²) >= 11 is 0. The summed E-state index contributed by atoms with van der Waals surface area (Å²) in [5, 5.41) is 14.1. The number of aromatic nitrogens is 2. The van der Waals surface area contributed by atoms with Crippen LogP contribution in [0.3, 0.4) is 0 Å². The highest BCUT2D eigenvalue weighted by Gasteiger charge is 2.35. The van der Waals surface area contributed by atoms with Crippen molar-refractivity contribution in [3.8, 4) is 0 Å². The Kier molecular flexibility index (Phi) is 4.53. The molecule has 0 spiro atoms. The van der Waals surface area contributed by atoms with E-state index < -0.39 is 6.10 Å². The summed E-state index contributed by atoms with van der Waals surface area (Å²) in [5.41, 5.74) is 0.951. The van der Waals surface area contributed by atoms with E-state index >= 15 is 0 Å². The van der Waals surface area contributed by atoms with Crippen LogP contribution in [-0.4, -0.2) is 44.8 Å². The normalized spacial score (nSPS) is 20.5. The Morgan fingerprint density at radius 2 is 2.21 bits per heavy atom. The van der Waals surface area contributed by atoms with Crippen LogP contribution in [0.2, 0.25) is 0 Å². The first-order valence-corrected chi connectivity index (χ1v) is 8.08. The lowest BCUT2D eigenvalue weighted by Crippen LogP contribution is -2.31. The van der Waals surface area contributed by atoms with Crippen LogP contribution in [0.4, 0.5) is 0 Å². The Hall–Kier alpha value is -2.41. The van der Waals surface area contributed by atoms with Crippen molar-refractivity contribution in [1.82, 2.24) is 14.6 Å². The third-order valence-corrected chi connectivity index (χ3v) is 4.42. The zero-order valence-corrected chi connectivity index (χ0v) is 13.8. The lowest BCUT2D eigenvalue weighted by molar-refractivity contribution is 0.0764. The fourth-order valence-electron chi connectivity index (χ4n) is 3.08. The summed E-state index contributed by atoms with van der Waals surface area (Å²) in [6.07, 6.45) is 1.54. The van der Waals surface area contributed by atoms with Gasteiger partial charge in [-0.1, -0.05) is 5.16 Å². The zero-order chi connectivity index (χ0) is 17.3. The highest BCUT2D eigenvalue weighted by Crippen LogP contribution is 2.23. The SMILES string of the molecule is CCn1ccc(C(=O)N2C[C@@H](Cc3cc(C)no3)[C@@H](O)C2)cc1=O. The molecule has 2 aromatic heterocycles. The standard InChI is InChI=1S/C17H21N3O4/c1-3-19-5-4-12(8-16(19)22)17(23)20-9-13(15(21)10-20)7-14-6-11(2)18-24-14/h4-6,8,13,15,21H,3,7,9-10H2,1-2H3/t13-,15+/m1/s1. The lowest BCUT2D eigenvalue weighted by Gasteiger charge is -2.16. The molecule has 128 valence electrons. The second-order valence-electron chi connectivity index (χ2n) is 6.22. The molecule has 1 aliphatic rings. The Labute approximate surface area is 139 Å². The first kappa shape index (κ1) is 16.4. The second kappa shape index (κ2) is 6.60. The van der Waals surface area contributed by atoms with Crippen molar-refractivity contribution in [2.75, 3.05) is 13.1 Å². The minimum atomic E-state index is -0.615. The minimum absolute atomic E-state index is 0.0997. The quantitative estimate of drug-likeness (QED) is 0.897. The van der Waals surface area contributed by atoms with Crippen LogP contribution in [0.25, 0.3) is 0 Å². The van der Waals surface area contributed by atoms with Gasteiger partial charge < -0.3 is 19.1 Å². The van der Waals surface area contributed by atoms with Gasteiger partial charge in [-0.2, -0.15) is 0 Å². The largest absolute Gasteiger partial charge is 0.391 e. The van der Waals surface area contributed by atoms with Crippen LogP contribution in [0.15, 0.2) is 33.7 Å². The van der Waals surface area contributed by atoms with Crippen molar-refractivity contribution in [3.05, 3.63) is 51.8 Å². The predicted molar refractivity (Wildman–Crippen MR) is 86.7 cm³/mol. The molecule has 0 aliphatic carbocycles. The van der Waals surface area contributed by atoms with Crippen molar-refractivity contribution in [2.45, 2.75) is 32.9 Å². The number of hydrogen-bond acceptors (Lipinski definition) is 5. The van der Waals surface area contributed by atoms with Crippen LogP contribution < -0.4 is 5.56 Å². The van der Waals surface area contributed by atoms with Crippen molar-refractivity contribution >= 4 is 5.91 Å². The molecule has 3 heterocycles. The molecule has 0 unspecified atom stereocenters. The van der Waals surface area contributed by atoms with Gasteiger partial charge in [-0.15, -0.1) is 0 Å². The summed E-state index contributed by atoms with van der Waals surface area (Å²) in [7, 11) is 0. The summed E-state index contributed by atoms with van der Waals surface area (Å²) in [5.74, 6) is 0.374. The first-order chi connectivity index (χ1) is 11.5. The lowest BCUT2D eigenvalue weighted by atomic mass is 10.0. The number of aliphatic hydroxyl groups excluding tert-OH is 1. The van der Waals surface area contributed by atoms with Gasteiger partial charge in [-0.25, -0.2) is 0 Å². The number of β-amino-alcohol motifs (C(OH)–C–C–N with tert-alkyl or cyclic N) is 1. The third-order valence-electron chi connectivity index (χ3n) is 4.42. The van der Waals surface area contributed by atoms with E-state index in [0.717, 1.165) is 5.69 Å². The van der Waals surface area contributed by atoms with Crippen molar-refractivity contribution < 1.29 is 14.4 Å². The van der Waals surface area contributed by atoms with E-state index in [1.54, 1.807) is 17.2 Å². The average molecular weight is 331 g/mol. The first-order valence-electron chi connectivity index (χ1n) is 8.08. The zero-order valence-electron chi connectivity index (χ0n) is 13.8. The number of amides is 1. The average Bonchev–Trinajstić information content (AvgIpc) is 3.13. The van der Waals surface area contributed by atoms with Gasteiger partial charge in [0.25, 0.3) is 11.5 Å². The van der Waals surface area contributed by atoms with E-state index in [0.29, 0.717) is 30.8 Å². The fourth-order valence-corrected chi connectivity index (χ4v) is 3.08. The van der Waals surface area contributed by atoms with E-state index in [2.05, 4.69) is 5.16 Å². The van der Waals surface area contributed by atoms with Crippen molar-refractivity contribution in [3.63, 3.8) is 0 Å². The smallest absolute Gasteiger partial charge is 0.254 e. The monoisotopic (exact) mass is 331 g/mol. The Balaban J connectivity index is 1.70. The number of aryl methyl sites for hydroxylation is 2. The number of aliphatic hydroxyl groups is 1. The molecule has 1 N–H and O–H groups in total. The van der Waals surface area contributed by atoms with Crippen molar-refractivity contribution in [1.29, 1.82) is 0 Å². The van der Waals surface area contributed by atoms with E-state index in [-0.39, 0.29) is 23.9 Å². The van der Waals surface area contributed by atoms with Gasteiger partial charge in [0.2, 0.25) is 0 Å². The van der Waals surface area contributed by atoms with Crippen molar-refractivity contribution in [2.24, 2.45) is 5.92 Å². The summed E-state index contributed by atoms with van der Waals surface area (Å²) in [4.78, 5) is 26.1. The van der Waals surface area contributed by atoms with Gasteiger partial charge in [-0.05, 0) is 19.9 Å². The molecule has 2 aromatic rings. The predicted octanol–water partition coefficient (Wildman–Crippen LogP) is 0.840. The molecule has 0 saturated carbocycles. The maximum atomic E-state index is 12.6. The number of carbonyl (C=O) groups excluding carboxylic acids is 1. The fraction of sp³-hybridized carbons (Fsp3) is 0.471. The van der Waals surface area contributed by atoms with Gasteiger partial charge in [0.05, 0.1) is 11.8 Å². The Morgan fingerprint density at radius 1 is 1.42 bits per heavy atom. The number of nitrogens with zero attached hydrogens (tertiary/aromatic N) is 3. The van der Waals surface area contributed by atoms with Gasteiger partial charge in [-0.3, -0.25) is 9.59 Å². The molecule has 0 radical (unpaired) electrons. The van der Waals surface area contributed by atoms with Crippen LogP contribution in [0.5, 0.6) is 0 Å². The van der Waals surface area contributed by atoms with Gasteiger partial charge in [0.1, 0.15) is 5.76 Å². The van der Waals surface area contributed by atoms with Gasteiger partial charge in [0, 0.05) is 55.9 Å². The Bertz CT molecular complexity index is 795. The molecule has 7 heteroatoms. The summed E-state index contributed by atoms with van der Waals surface area (Å²) < 4.78 is 6.72. The second-order valence-corrected chi connectivity index (χ2v) is 6.22. The molecular weight excluding hydrogens is 310 g/mol. The summed E-state index contributed by atoms with van der Waals surface area (Å²) in [6, 6.07) is 4.83. The van der Waals surface area contributed by atoms with Crippen LogP contribution >= 0.6 is 0 Å². The van der Waals surface area contributed by atoms with E-state index in [9.17, 15) is 14.7 Å². The molecule has 0 aromatic carbocycles. The molecule has 24 heavy (non-hydrogen) atoms. The third kappa shape index (κ3) is 3.26. The van der Waals surface area contributed by atoms with E-state index in [1.165, 1.54) is 10.6 Å². The minimum Gasteiger partial charge on any atom is -0.391 e. The van der Waals surface area contributed by atoms with Crippen LogP contribution in [0, 0.1) is 12.8 Å². The highest BCUT2D eigenvalue weighted by molar-refractivity contribution is 5.94. The molecule has 1 amide bonds. The molecule has 7 nitrogen and oxygen atoms in total. The molecule has 3 rings (SSSR count). The molecular formula is C17H21N3O4. The molecule has 1 fully saturated rings. The number of carbonyl (C=O) groups is 1. The maximum Gasteiger partial charge on any atom is 0.254 e. The molecule has 2 atom stereocenters. The van der Waals surface area contributed by atoms with Gasteiger partial charge in [0.15, 0.2) is 0 Å². The molecule has 0 bridgehead atoms. The number of likely N-dealkylation sites (tertiary alicyclic amines) is 1.